The zero-order valence-corrected chi connectivity index (χ0v) is 15.8. The molecule has 7 nitrogen and oxygen atoms in total. The average Bonchev–Trinajstić information content (AvgIpc) is 2.98. The van der Waals surface area contributed by atoms with E-state index >= 15 is 0 Å². The van der Waals surface area contributed by atoms with E-state index in [-0.39, 0.29) is 11.6 Å². The van der Waals surface area contributed by atoms with E-state index < -0.39 is 6.09 Å². The van der Waals surface area contributed by atoms with Gasteiger partial charge in [-0.15, -0.1) is 0 Å². The maximum absolute atomic E-state index is 12.5. The van der Waals surface area contributed by atoms with E-state index in [1.165, 1.54) is 17.7 Å². The molecular weight excluding hydrogens is 332 g/mol. The first kappa shape index (κ1) is 17.9. The Kier molecular flexibility index (Phi) is 4.75. The molecule has 2 N–H and O–H groups in total. The molecule has 3 heterocycles. The molecule has 4 fully saturated rings. The number of carbonyl (C=O) groups is 2. The van der Waals surface area contributed by atoms with Crippen LogP contribution < -0.4 is 5.32 Å². The molecule has 0 aromatic heterocycles. The van der Waals surface area contributed by atoms with Crippen LogP contribution in [0.25, 0.3) is 0 Å². The third-order valence-corrected chi connectivity index (χ3v) is 7.36. The van der Waals surface area contributed by atoms with Gasteiger partial charge >= 0.3 is 12.1 Å². The molecule has 0 aromatic rings. The Hall–Kier alpha value is -1.50. The predicted octanol–water partition coefficient (Wildman–Crippen LogP) is 2.32. The van der Waals surface area contributed by atoms with Gasteiger partial charge in [-0.3, -0.25) is 4.90 Å². The number of urea groups is 1. The number of nitrogens with zero attached hydrogens (tertiary/aromatic N) is 3. The van der Waals surface area contributed by atoms with E-state index in [4.69, 9.17) is 5.11 Å². The summed E-state index contributed by atoms with van der Waals surface area (Å²) in [5.74, 6) is 0. The monoisotopic (exact) mass is 364 g/mol. The van der Waals surface area contributed by atoms with Gasteiger partial charge in [0.05, 0.1) is 12.1 Å². The van der Waals surface area contributed by atoms with Crippen molar-refractivity contribution in [3.05, 3.63) is 0 Å². The Morgan fingerprint density at radius 2 is 1.73 bits per heavy atom. The van der Waals surface area contributed by atoms with Crippen molar-refractivity contribution < 1.29 is 14.7 Å². The molecule has 0 bridgehead atoms. The number of hydrogen-bond acceptors (Lipinski definition) is 3. The van der Waals surface area contributed by atoms with Gasteiger partial charge in [-0.05, 0) is 45.4 Å². The largest absolute Gasteiger partial charge is 0.465 e. The van der Waals surface area contributed by atoms with Crippen molar-refractivity contribution in [2.24, 2.45) is 0 Å². The third kappa shape index (κ3) is 3.15. The van der Waals surface area contributed by atoms with Crippen LogP contribution in [-0.4, -0.2) is 81.8 Å². The van der Waals surface area contributed by atoms with Gasteiger partial charge in [0.15, 0.2) is 0 Å². The van der Waals surface area contributed by atoms with Crippen LogP contribution in [0.2, 0.25) is 0 Å². The van der Waals surface area contributed by atoms with Gasteiger partial charge < -0.3 is 20.2 Å². The summed E-state index contributed by atoms with van der Waals surface area (Å²) in [5, 5.41) is 12.4. The average molecular weight is 364 g/mol. The van der Waals surface area contributed by atoms with Crippen molar-refractivity contribution in [2.45, 2.75) is 82.0 Å². The fourth-order valence-electron chi connectivity index (χ4n) is 5.61. The lowest BCUT2D eigenvalue weighted by Crippen LogP contribution is -2.58. The summed E-state index contributed by atoms with van der Waals surface area (Å²) in [7, 11) is 0. The van der Waals surface area contributed by atoms with Crippen LogP contribution in [0.15, 0.2) is 0 Å². The third-order valence-electron chi connectivity index (χ3n) is 7.36. The number of fused-ring (bicyclic) bond motifs is 1. The first-order valence-electron chi connectivity index (χ1n) is 10.3. The van der Waals surface area contributed by atoms with Gasteiger partial charge in [0.1, 0.15) is 0 Å². The molecule has 1 aliphatic carbocycles. The molecule has 0 unspecified atom stereocenters. The number of hydrogen-bond donors (Lipinski definition) is 2. The van der Waals surface area contributed by atoms with Crippen molar-refractivity contribution in [2.75, 3.05) is 26.2 Å². The lowest BCUT2D eigenvalue weighted by atomic mass is 9.85. The van der Waals surface area contributed by atoms with Gasteiger partial charge in [0, 0.05) is 37.8 Å². The Morgan fingerprint density at radius 1 is 1.08 bits per heavy atom. The zero-order valence-electron chi connectivity index (χ0n) is 15.8. The quantitative estimate of drug-likeness (QED) is 0.788. The standard InChI is InChI=1S/C19H32N4O3/c1-19(8-12-21(13-9-19)18(25)26)22-10-6-14(7-11-22)23-16-5-3-2-4-15(16)20-17(23)24/h14-16H,2-13H2,1H3,(H,20,24)(H,25,26)/t15-,16+/m1/s1. The molecule has 4 rings (SSSR count). The van der Waals surface area contributed by atoms with Crippen molar-refractivity contribution in [3.8, 4) is 0 Å². The minimum Gasteiger partial charge on any atom is -0.465 e. The van der Waals surface area contributed by atoms with Crippen molar-refractivity contribution in [1.29, 1.82) is 0 Å². The lowest BCUT2D eigenvalue weighted by Gasteiger charge is -2.50. The van der Waals surface area contributed by atoms with Crippen LogP contribution in [-0.2, 0) is 0 Å². The smallest absolute Gasteiger partial charge is 0.407 e. The summed E-state index contributed by atoms with van der Waals surface area (Å²) in [6, 6.07) is 1.29. The van der Waals surface area contributed by atoms with Crippen molar-refractivity contribution in [3.63, 3.8) is 0 Å². The molecule has 1 saturated carbocycles. The van der Waals surface area contributed by atoms with Crippen LogP contribution in [0.1, 0.15) is 58.3 Å². The van der Waals surface area contributed by atoms with E-state index in [0.29, 0.717) is 31.2 Å². The molecule has 3 amide bonds. The summed E-state index contributed by atoms with van der Waals surface area (Å²) in [4.78, 5) is 29.9. The van der Waals surface area contributed by atoms with E-state index in [1.54, 1.807) is 0 Å². The number of likely N-dealkylation sites (tertiary alicyclic amines) is 2. The van der Waals surface area contributed by atoms with Gasteiger partial charge in [0.2, 0.25) is 0 Å². The highest BCUT2D eigenvalue weighted by atomic mass is 16.4. The summed E-state index contributed by atoms with van der Waals surface area (Å²) in [5.41, 5.74) is 0.0948. The number of nitrogens with one attached hydrogen (secondary N) is 1. The van der Waals surface area contributed by atoms with Crippen LogP contribution in [0, 0.1) is 0 Å². The Labute approximate surface area is 155 Å². The Bertz CT molecular complexity index is 553. The fourth-order valence-corrected chi connectivity index (χ4v) is 5.61. The summed E-state index contributed by atoms with van der Waals surface area (Å²) >= 11 is 0. The minimum absolute atomic E-state index is 0.0948. The van der Waals surface area contributed by atoms with Crippen molar-refractivity contribution in [1.82, 2.24) is 20.0 Å². The van der Waals surface area contributed by atoms with Gasteiger partial charge in [0.25, 0.3) is 0 Å². The molecule has 146 valence electrons. The molecule has 2 atom stereocenters. The minimum atomic E-state index is -0.798. The highest BCUT2D eigenvalue weighted by Crippen LogP contribution is 2.35. The summed E-state index contributed by atoms with van der Waals surface area (Å²) in [6.07, 6.45) is 7.83. The molecule has 4 aliphatic rings. The van der Waals surface area contributed by atoms with Crippen LogP contribution in [0.5, 0.6) is 0 Å². The van der Waals surface area contributed by atoms with E-state index in [1.807, 2.05) is 0 Å². The second kappa shape index (κ2) is 6.91. The van der Waals surface area contributed by atoms with Crippen LogP contribution in [0.3, 0.4) is 0 Å². The normalized spacial score (nSPS) is 33.0. The SMILES string of the molecule is CC1(N2CCC(N3C(=O)N[C@@H]4CCCC[C@@H]43)CC2)CCN(C(=O)O)CC1. The van der Waals surface area contributed by atoms with Crippen LogP contribution >= 0.6 is 0 Å². The molecule has 7 heteroatoms. The topological polar surface area (TPSA) is 76.1 Å². The number of amides is 3. The number of piperidine rings is 2. The first-order chi connectivity index (χ1) is 12.5. The molecule has 0 spiro atoms. The van der Waals surface area contributed by atoms with Gasteiger partial charge in [-0.1, -0.05) is 12.8 Å². The fraction of sp³-hybridized carbons (Fsp3) is 0.895. The summed E-state index contributed by atoms with van der Waals surface area (Å²) in [6.45, 7) is 5.56. The Morgan fingerprint density at radius 3 is 2.38 bits per heavy atom. The number of carboxylic acid groups (broad SMARTS) is 1. The second-order valence-corrected chi connectivity index (χ2v) is 8.80. The maximum Gasteiger partial charge on any atom is 0.407 e. The molecule has 0 radical (unpaired) electrons. The molecule has 3 aliphatic heterocycles. The van der Waals surface area contributed by atoms with E-state index in [9.17, 15) is 9.59 Å². The summed E-state index contributed by atoms with van der Waals surface area (Å²) < 4.78 is 0. The molecule has 26 heavy (non-hydrogen) atoms. The Balaban J connectivity index is 1.34. The predicted molar refractivity (Wildman–Crippen MR) is 98.2 cm³/mol. The lowest BCUT2D eigenvalue weighted by molar-refractivity contribution is 0.00447. The maximum atomic E-state index is 12.5. The van der Waals surface area contributed by atoms with E-state index in [0.717, 1.165) is 51.6 Å². The van der Waals surface area contributed by atoms with Gasteiger partial charge in [-0.2, -0.15) is 0 Å². The highest BCUT2D eigenvalue weighted by Gasteiger charge is 2.46. The second-order valence-electron chi connectivity index (χ2n) is 8.80. The molecular formula is C19H32N4O3. The number of rotatable bonds is 2. The van der Waals surface area contributed by atoms with E-state index in [2.05, 4.69) is 22.0 Å². The molecule has 3 saturated heterocycles. The number of carbonyl (C=O) groups excluding carboxylic acids is 1. The van der Waals surface area contributed by atoms with Crippen LogP contribution in [0.4, 0.5) is 9.59 Å². The highest BCUT2D eigenvalue weighted by molar-refractivity contribution is 5.78. The zero-order chi connectivity index (χ0) is 18.3. The molecule has 0 aromatic carbocycles. The van der Waals surface area contributed by atoms with Gasteiger partial charge in [-0.25, -0.2) is 9.59 Å². The first-order valence-corrected chi connectivity index (χ1v) is 10.3. The van der Waals surface area contributed by atoms with Crippen molar-refractivity contribution >= 4 is 12.1 Å².